The number of epoxide rings is 1. The molecular weight excluding hydrogens is 371 g/mol. The zero-order chi connectivity index (χ0) is 20.4. The molecule has 0 saturated carbocycles. The van der Waals surface area contributed by atoms with Crippen molar-refractivity contribution in [3.63, 3.8) is 0 Å². The van der Waals surface area contributed by atoms with Crippen LogP contribution in [0, 0.1) is 5.82 Å². The Kier molecular flexibility index (Phi) is 5.07. The number of benzene rings is 3. The Balaban J connectivity index is 1.48. The number of rotatable bonds is 7. The molecule has 4 rings (SSSR count). The van der Waals surface area contributed by atoms with E-state index in [9.17, 15) is 9.18 Å². The van der Waals surface area contributed by atoms with Crippen molar-refractivity contribution in [2.75, 3.05) is 0 Å². The molecule has 1 aliphatic heterocycles. The van der Waals surface area contributed by atoms with E-state index in [1.54, 1.807) is 13.0 Å². The minimum atomic E-state index is -0.978. The summed E-state index contributed by atoms with van der Waals surface area (Å²) in [5, 5.41) is 9.11. The van der Waals surface area contributed by atoms with Gasteiger partial charge in [0.05, 0.1) is 12.5 Å². The Bertz CT molecular complexity index is 1030. The summed E-state index contributed by atoms with van der Waals surface area (Å²) in [7, 11) is 0. The quantitative estimate of drug-likeness (QED) is 0.564. The molecule has 148 valence electrons. The van der Waals surface area contributed by atoms with Crippen molar-refractivity contribution < 1.29 is 23.8 Å². The Morgan fingerprint density at radius 1 is 1.07 bits per heavy atom. The van der Waals surface area contributed by atoms with Gasteiger partial charge in [-0.2, -0.15) is 0 Å². The minimum absolute atomic E-state index is 0.123. The van der Waals surface area contributed by atoms with Gasteiger partial charge in [0.25, 0.3) is 0 Å². The van der Waals surface area contributed by atoms with Crippen LogP contribution in [0.15, 0.2) is 72.8 Å². The first-order valence-corrected chi connectivity index (χ1v) is 9.45. The van der Waals surface area contributed by atoms with Gasteiger partial charge in [-0.05, 0) is 47.4 Å². The molecule has 1 heterocycles. The summed E-state index contributed by atoms with van der Waals surface area (Å²) in [4.78, 5) is 11.1. The van der Waals surface area contributed by atoms with Gasteiger partial charge in [-0.25, -0.2) is 4.39 Å². The number of ether oxygens (including phenoxy) is 2. The molecule has 1 N–H and O–H groups in total. The van der Waals surface area contributed by atoms with E-state index < -0.39 is 17.4 Å². The van der Waals surface area contributed by atoms with Crippen molar-refractivity contribution >= 4 is 5.97 Å². The molecule has 1 aliphatic rings. The van der Waals surface area contributed by atoms with Crippen LogP contribution in [0.25, 0.3) is 11.1 Å². The molecule has 0 spiro atoms. The molecule has 29 heavy (non-hydrogen) atoms. The van der Waals surface area contributed by atoms with E-state index in [-0.39, 0.29) is 24.9 Å². The lowest BCUT2D eigenvalue weighted by molar-refractivity contribution is -0.138. The molecule has 3 aromatic carbocycles. The van der Waals surface area contributed by atoms with Crippen molar-refractivity contribution in [2.24, 2.45) is 0 Å². The highest BCUT2D eigenvalue weighted by Crippen LogP contribution is 2.49. The Hall–Kier alpha value is -3.18. The van der Waals surface area contributed by atoms with Crippen molar-refractivity contribution in [2.45, 2.75) is 31.7 Å². The second-order valence-electron chi connectivity index (χ2n) is 7.22. The Labute approximate surface area is 168 Å². The van der Waals surface area contributed by atoms with Gasteiger partial charge < -0.3 is 14.6 Å². The fraction of sp³-hybridized carbons (Fsp3) is 0.208. The third-order valence-corrected chi connectivity index (χ3v) is 5.25. The molecule has 0 amide bonds. The van der Waals surface area contributed by atoms with E-state index in [1.807, 2.05) is 54.6 Å². The standard InChI is InChI=1S/C24H21FO4/c1-16-24(29-16,14-23(26)27)20-10-11-22(21(25)13-20)28-15-17-6-5-9-19(12-17)18-7-3-2-4-8-18/h2-13,16H,14-15H2,1H3,(H,26,27). The van der Waals surface area contributed by atoms with Crippen LogP contribution in [0.1, 0.15) is 24.5 Å². The monoisotopic (exact) mass is 392 g/mol. The Morgan fingerprint density at radius 2 is 1.79 bits per heavy atom. The molecule has 5 heteroatoms. The molecule has 2 unspecified atom stereocenters. The number of hydrogen-bond acceptors (Lipinski definition) is 3. The van der Waals surface area contributed by atoms with E-state index in [1.165, 1.54) is 12.1 Å². The van der Waals surface area contributed by atoms with Crippen LogP contribution in [0.5, 0.6) is 5.75 Å². The van der Waals surface area contributed by atoms with Gasteiger partial charge in [0.15, 0.2) is 11.6 Å². The summed E-state index contributed by atoms with van der Waals surface area (Å²) < 4.78 is 25.8. The second-order valence-corrected chi connectivity index (χ2v) is 7.22. The zero-order valence-corrected chi connectivity index (χ0v) is 16.0. The zero-order valence-electron chi connectivity index (χ0n) is 16.0. The van der Waals surface area contributed by atoms with Gasteiger partial charge in [0, 0.05) is 0 Å². The SMILES string of the molecule is CC1OC1(CC(=O)O)c1ccc(OCc2cccc(-c3ccccc3)c2)c(F)c1. The smallest absolute Gasteiger partial charge is 0.306 e. The summed E-state index contributed by atoms with van der Waals surface area (Å²) >= 11 is 0. The molecule has 3 aromatic rings. The number of carboxylic acids is 1. The van der Waals surface area contributed by atoms with E-state index in [2.05, 4.69) is 0 Å². The Morgan fingerprint density at radius 3 is 2.45 bits per heavy atom. The molecule has 0 radical (unpaired) electrons. The lowest BCUT2D eigenvalue weighted by atomic mass is 9.92. The number of halogens is 1. The average molecular weight is 392 g/mol. The average Bonchev–Trinajstić information content (AvgIpc) is 3.37. The summed E-state index contributed by atoms with van der Waals surface area (Å²) in [6.45, 7) is 2.01. The topological polar surface area (TPSA) is 59.1 Å². The van der Waals surface area contributed by atoms with Gasteiger partial charge >= 0.3 is 5.97 Å². The van der Waals surface area contributed by atoms with Crippen LogP contribution < -0.4 is 4.74 Å². The van der Waals surface area contributed by atoms with Crippen molar-refractivity contribution in [1.82, 2.24) is 0 Å². The molecular formula is C24H21FO4. The second kappa shape index (κ2) is 7.68. The van der Waals surface area contributed by atoms with Crippen LogP contribution in [0.4, 0.5) is 4.39 Å². The molecule has 1 saturated heterocycles. The van der Waals surface area contributed by atoms with E-state index in [0.29, 0.717) is 5.56 Å². The fourth-order valence-electron chi connectivity index (χ4n) is 3.61. The first-order chi connectivity index (χ1) is 14.0. The van der Waals surface area contributed by atoms with Crippen LogP contribution >= 0.6 is 0 Å². The summed E-state index contributed by atoms with van der Waals surface area (Å²) in [5.74, 6) is -1.39. The molecule has 2 atom stereocenters. The molecule has 1 fully saturated rings. The van der Waals surface area contributed by atoms with Crippen LogP contribution in [-0.4, -0.2) is 17.2 Å². The summed E-state index contributed by atoms with van der Waals surface area (Å²) in [6.07, 6.45) is -0.453. The predicted octanol–water partition coefficient (Wildman–Crippen LogP) is 5.16. The molecule has 0 bridgehead atoms. The van der Waals surface area contributed by atoms with Gasteiger partial charge in [0.2, 0.25) is 0 Å². The third-order valence-electron chi connectivity index (χ3n) is 5.25. The minimum Gasteiger partial charge on any atom is -0.486 e. The molecule has 4 nitrogen and oxygen atoms in total. The third kappa shape index (κ3) is 4.00. The van der Waals surface area contributed by atoms with Crippen molar-refractivity contribution in [1.29, 1.82) is 0 Å². The first-order valence-electron chi connectivity index (χ1n) is 9.45. The highest BCUT2D eigenvalue weighted by atomic mass is 19.1. The predicted molar refractivity (Wildman–Crippen MR) is 107 cm³/mol. The summed E-state index contributed by atoms with van der Waals surface area (Å²) in [6, 6.07) is 22.4. The maximum absolute atomic E-state index is 14.6. The lowest BCUT2D eigenvalue weighted by Crippen LogP contribution is -2.17. The van der Waals surface area contributed by atoms with Gasteiger partial charge in [0.1, 0.15) is 12.2 Å². The lowest BCUT2D eigenvalue weighted by Gasteiger charge is -2.13. The van der Waals surface area contributed by atoms with Gasteiger partial charge in [-0.15, -0.1) is 0 Å². The highest BCUT2D eigenvalue weighted by molar-refractivity contribution is 5.69. The van der Waals surface area contributed by atoms with Crippen LogP contribution in [0.2, 0.25) is 0 Å². The van der Waals surface area contributed by atoms with Crippen LogP contribution in [-0.2, 0) is 21.7 Å². The molecule has 0 aromatic heterocycles. The maximum Gasteiger partial charge on any atom is 0.306 e. The molecule has 0 aliphatic carbocycles. The summed E-state index contributed by atoms with van der Waals surface area (Å²) in [5.41, 5.74) is 2.67. The van der Waals surface area contributed by atoms with Gasteiger partial charge in [-0.1, -0.05) is 54.6 Å². The largest absolute Gasteiger partial charge is 0.486 e. The number of aliphatic carboxylic acids is 1. The van der Waals surface area contributed by atoms with Gasteiger partial charge in [-0.3, -0.25) is 4.79 Å². The van der Waals surface area contributed by atoms with Crippen molar-refractivity contribution in [3.8, 4) is 16.9 Å². The van der Waals surface area contributed by atoms with Crippen LogP contribution in [0.3, 0.4) is 0 Å². The van der Waals surface area contributed by atoms with E-state index >= 15 is 0 Å². The number of carbonyl (C=O) groups is 1. The number of carboxylic acid groups (broad SMARTS) is 1. The van der Waals surface area contributed by atoms with E-state index in [0.717, 1.165) is 16.7 Å². The fourth-order valence-corrected chi connectivity index (χ4v) is 3.61. The highest BCUT2D eigenvalue weighted by Gasteiger charge is 2.56. The maximum atomic E-state index is 14.6. The normalized spacial score (nSPS) is 20.3. The van der Waals surface area contributed by atoms with Crippen molar-refractivity contribution in [3.05, 3.63) is 89.7 Å². The van der Waals surface area contributed by atoms with E-state index in [4.69, 9.17) is 14.6 Å². The first kappa shape index (κ1) is 19.2. The number of hydrogen-bond donors (Lipinski definition) is 1.